The Bertz CT molecular complexity index is 530. The van der Waals surface area contributed by atoms with Crippen LogP contribution in [-0.4, -0.2) is 51.1 Å². The lowest BCUT2D eigenvalue weighted by Gasteiger charge is -2.21. The summed E-state index contributed by atoms with van der Waals surface area (Å²) in [5, 5.41) is 3.35. The van der Waals surface area contributed by atoms with E-state index in [1.807, 2.05) is 25.3 Å². The van der Waals surface area contributed by atoms with E-state index in [2.05, 4.69) is 21.8 Å². The Labute approximate surface area is 162 Å². The summed E-state index contributed by atoms with van der Waals surface area (Å²) in [4.78, 5) is 17.8. The Balaban J connectivity index is 0.00000529. The molecule has 0 aliphatic rings. The number of hydrogen-bond acceptors (Lipinski definition) is 3. The van der Waals surface area contributed by atoms with Crippen LogP contribution in [0.25, 0.3) is 0 Å². The van der Waals surface area contributed by atoms with Crippen molar-refractivity contribution in [2.45, 2.75) is 19.3 Å². The zero-order valence-corrected chi connectivity index (χ0v) is 17.1. The van der Waals surface area contributed by atoms with E-state index in [9.17, 15) is 4.79 Å². The molecule has 0 aromatic heterocycles. The van der Waals surface area contributed by atoms with Crippen LogP contribution >= 0.6 is 24.0 Å². The SMILES string of the molecule is C=CCCCN(C)C(=NC)NCCc1ccc(C(=O)OC)cc1.I. The first-order chi connectivity index (χ1) is 11.1. The van der Waals surface area contributed by atoms with E-state index in [1.165, 1.54) is 7.11 Å². The lowest BCUT2D eigenvalue weighted by atomic mass is 10.1. The van der Waals surface area contributed by atoms with Crippen molar-refractivity contribution in [3.63, 3.8) is 0 Å². The number of carbonyl (C=O) groups is 1. The molecule has 0 atom stereocenters. The number of allylic oxidation sites excluding steroid dienone is 1. The minimum Gasteiger partial charge on any atom is -0.465 e. The summed E-state index contributed by atoms with van der Waals surface area (Å²) in [5.41, 5.74) is 1.73. The van der Waals surface area contributed by atoms with Crippen LogP contribution in [0.15, 0.2) is 41.9 Å². The number of benzene rings is 1. The van der Waals surface area contributed by atoms with E-state index in [0.717, 1.165) is 43.9 Å². The highest BCUT2D eigenvalue weighted by atomic mass is 127. The molecule has 0 spiro atoms. The minimum atomic E-state index is -0.309. The van der Waals surface area contributed by atoms with Crippen LogP contribution in [-0.2, 0) is 11.2 Å². The third-order valence-corrected chi connectivity index (χ3v) is 3.55. The maximum atomic E-state index is 11.4. The average Bonchev–Trinajstić information content (AvgIpc) is 2.58. The third-order valence-electron chi connectivity index (χ3n) is 3.55. The number of halogens is 1. The molecule has 24 heavy (non-hydrogen) atoms. The van der Waals surface area contributed by atoms with E-state index >= 15 is 0 Å². The number of nitrogens with zero attached hydrogens (tertiary/aromatic N) is 2. The number of aliphatic imine (C=N–C) groups is 1. The van der Waals surface area contributed by atoms with E-state index in [1.54, 1.807) is 19.2 Å². The summed E-state index contributed by atoms with van der Waals surface area (Å²) >= 11 is 0. The molecule has 0 aliphatic carbocycles. The third kappa shape index (κ3) is 7.81. The van der Waals surface area contributed by atoms with Crippen LogP contribution in [0, 0.1) is 0 Å². The van der Waals surface area contributed by atoms with Gasteiger partial charge in [0.1, 0.15) is 0 Å². The van der Waals surface area contributed by atoms with Gasteiger partial charge in [-0.15, -0.1) is 30.6 Å². The van der Waals surface area contributed by atoms with Gasteiger partial charge in [0.2, 0.25) is 0 Å². The smallest absolute Gasteiger partial charge is 0.337 e. The van der Waals surface area contributed by atoms with E-state index in [4.69, 9.17) is 4.74 Å². The summed E-state index contributed by atoms with van der Waals surface area (Å²) in [6, 6.07) is 7.48. The van der Waals surface area contributed by atoms with Gasteiger partial charge in [0, 0.05) is 27.2 Å². The molecule has 134 valence electrons. The Morgan fingerprint density at radius 1 is 1.38 bits per heavy atom. The van der Waals surface area contributed by atoms with Crippen molar-refractivity contribution < 1.29 is 9.53 Å². The average molecular weight is 445 g/mol. The molecule has 1 N–H and O–H groups in total. The molecule has 5 nitrogen and oxygen atoms in total. The number of nitrogens with one attached hydrogen (secondary N) is 1. The molecule has 0 aliphatic heterocycles. The van der Waals surface area contributed by atoms with Crippen LogP contribution in [0.3, 0.4) is 0 Å². The summed E-state index contributed by atoms with van der Waals surface area (Å²) in [7, 11) is 5.21. The fraction of sp³-hybridized carbons (Fsp3) is 0.444. The van der Waals surface area contributed by atoms with Gasteiger partial charge in [-0.3, -0.25) is 4.99 Å². The number of unbranched alkanes of at least 4 members (excludes halogenated alkanes) is 1. The van der Waals surface area contributed by atoms with Crippen LogP contribution in [0.1, 0.15) is 28.8 Å². The molecular weight excluding hydrogens is 417 g/mol. The highest BCUT2D eigenvalue weighted by Gasteiger charge is 2.06. The summed E-state index contributed by atoms with van der Waals surface area (Å²) in [5.74, 6) is 0.580. The van der Waals surface area contributed by atoms with Crippen molar-refractivity contribution in [2.24, 2.45) is 4.99 Å². The maximum Gasteiger partial charge on any atom is 0.337 e. The lowest BCUT2D eigenvalue weighted by Crippen LogP contribution is -2.40. The molecule has 0 bridgehead atoms. The monoisotopic (exact) mass is 445 g/mol. The van der Waals surface area contributed by atoms with Gasteiger partial charge >= 0.3 is 5.97 Å². The molecule has 1 rings (SSSR count). The second-order valence-electron chi connectivity index (χ2n) is 5.26. The molecular formula is C18H28IN3O2. The lowest BCUT2D eigenvalue weighted by molar-refractivity contribution is 0.0600. The van der Waals surface area contributed by atoms with Gasteiger partial charge in [0.05, 0.1) is 12.7 Å². The van der Waals surface area contributed by atoms with E-state index < -0.39 is 0 Å². The van der Waals surface area contributed by atoms with Gasteiger partial charge in [0.25, 0.3) is 0 Å². The summed E-state index contributed by atoms with van der Waals surface area (Å²) in [6.07, 6.45) is 4.87. The van der Waals surface area contributed by atoms with Gasteiger partial charge in [0.15, 0.2) is 5.96 Å². The van der Waals surface area contributed by atoms with Gasteiger partial charge in [-0.25, -0.2) is 4.79 Å². The first-order valence-corrected chi connectivity index (χ1v) is 7.82. The number of hydrogen-bond donors (Lipinski definition) is 1. The molecule has 6 heteroatoms. The molecule has 0 heterocycles. The van der Waals surface area contributed by atoms with Crippen molar-refractivity contribution in [3.05, 3.63) is 48.0 Å². The van der Waals surface area contributed by atoms with Crippen molar-refractivity contribution >= 4 is 35.9 Å². The molecule has 1 aromatic carbocycles. The van der Waals surface area contributed by atoms with Crippen molar-refractivity contribution in [2.75, 3.05) is 34.3 Å². The normalized spacial score (nSPS) is 10.5. The zero-order chi connectivity index (χ0) is 17.1. The fourth-order valence-corrected chi connectivity index (χ4v) is 2.21. The molecule has 0 fully saturated rings. The van der Waals surface area contributed by atoms with Gasteiger partial charge in [-0.05, 0) is 37.0 Å². The predicted octanol–water partition coefficient (Wildman–Crippen LogP) is 3.11. The summed E-state index contributed by atoms with van der Waals surface area (Å²) < 4.78 is 4.69. The first kappa shape index (κ1) is 22.4. The predicted molar refractivity (Wildman–Crippen MR) is 110 cm³/mol. The van der Waals surface area contributed by atoms with Crippen molar-refractivity contribution in [3.8, 4) is 0 Å². The molecule has 0 unspecified atom stereocenters. The van der Waals surface area contributed by atoms with Crippen LogP contribution in [0.2, 0.25) is 0 Å². The van der Waals surface area contributed by atoms with Crippen LogP contribution < -0.4 is 5.32 Å². The van der Waals surface area contributed by atoms with Crippen molar-refractivity contribution in [1.82, 2.24) is 10.2 Å². The number of methoxy groups -OCH3 is 1. The fourth-order valence-electron chi connectivity index (χ4n) is 2.21. The highest BCUT2D eigenvalue weighted by Crippen LogP contribution is 2.06. The first-order valence-electron chi connectivity index (χ1n) is 7.82. The second-order valence-corrected chi connectivity index (χ2v) is 5.26. The zero-order valence-electron chi connectivity index (χ0n) is 14.7. The maximum absolute atomic E-state index is 11.4. The molecule has 0 saturated carbocycles. The van der Waals surface area contributed by atoms with Gasteiger partial charge in [-0.2, -0.15) is 0 Å². The quantitative estimate of drug-likeness (QED) is 0.167. The molecule has 0 saturated heterocycles. The Morgan fingerprint density at radius 3 is 2.58 bits per heavy atom. The van der Waals surface area contributed by atoms with Crippen molar-refractivity contribution in [1.29, 1.82) is 0 Å². The second kappa shape index (κ2) is 12.8. The van der Waals surface area contributed by atoms with Gasteiger partial charge < -0.3 is 15.0 Å². The number of rotatable bonds is 8. The largest absolute Gasteiger partial charge is 0.465 e. The topological polar surface area (TPSA) is 53.9 Å². The molecule has 1 aromatic rings. The van der Waals surface area contributed by atoms with E-state index in [-0.39, 0.29) is 29.9 Å². The van der Waals surface area contributed by atoms with E-state index in [0.29, 0.717) is 5.56 Å². The molecule has 0 amide bonds. The van der Waals surface area contributed by atoms with Crippen LogP contribution in [0.5, 0.6) is 0 Å². The Hall–Kier alpha value is -1.57. The Kier molecular flexibility index (Phi) is 12.0. The van der Waals surface area contributed by atoms with Gasteiger partial charge in [-0.1, -0.05) is 18.2 Å². The molecule has 0 radical (unpaired) electrons. The summed E-state index contributed by atoms with van der Waals surface area (Å²) in [6.45, 7) is 5.47. The number of guanidine groups is 1. The minimum absolute atomic E-state index is 0. The number of esters is 1. The number of ether oxygens (including phenoxy) is 1. The van der Waals surface area contributed by atoms with Crippen LogP contribution in [0.4, 0.5) is 0 Å². The number of carbonyl (C=O) groups excluding carboxylic acids is 1. The standard InChI is InChI=1S/C18H27N3O2.HI/c1-5-6-7-14-21(3)18(19-2)20-13-12-15-8-10-16(11-9-15)17(22)23-4;/h5,8-11H,1,6-7,12-14H2,2-4H3,(H,19,20);1H. The Morgan fingerprint density at radius 2 is 2.04 bits per heavy atom. The highest BCUT2D eigenvalue weighted by molar-refractivity contribution is 14.0.